The van der Waals surface area contributed by atoms with Crippen LogP contribution in [-0.4, -0.2) is 19.4 Å². The summed E-state index contributed by atoms with van der Waals surface area (Å²) in [4.78, 5) is 12.9. The SMILES string of the molecule is CC1CCCN(c2ccc(C=O)cc2Cl)C1. The van der Waals surface area contributed by atoms with Gasteiger partial charge in [0.25, 0.3) is 0 Å². The summed E-state index contributed by atoms with van der Waals surface area (Å²) in [7, 11) is 0. The Hall–Kier alpha value is -1.02. The number of aldehydes is 1. The van der Waals surface area contributed by atoms with Crippen molar-refractivity contribution in [1.82, 2.24) is 0 Å². The Morgan fingerprint density at radius 2 is 2.31 bits per heavy atom. The maximum absolute atomic E-state index is 10.6. The van der Waals surface area contributed by atoms with Crippen LogP contribution in [0.25, 0.3) is 0 Å². The number of carbonyl (C=O) groups is 1. The predicted octanol–water partition coefficient (Wildman–Crippen LogP) is 3.39. The Labute approximate surface area is 101 Å². The number of piperidine rings is 1. The molecule has 1 unspecified atom stereocenters. The van der Waals surface area contributed by atoms with Crippen LogP contribution >= 0.6 is 11.6 Å². The lowest BCUT2D eigenvalue weighted by Gasteiger charge is -2.33. The van der Waals surface area contributed by atoms with Crippen molar-refractivity contribution in [2.24, 2.45) is 5.92 Å². The van der Waals surface area contributed by atoms with Gasteiger partial charge in [-0.2, -0.15) is 0 Å². The average molecular weight is 238 g/mol. The van der Waals surface area contributed by atoms with E-state index >= 15 is 0 Å². The van der Waals surface area contributed by atoms with Crippen LogP contribution in [0.5, 0.6) is 0 Å². The molecule has 86 valence electrons. The largest absolute Gasteiger partial charge is 0.370 e. The molecule has 1 heterocycles. The highest BCUT2D eigenvalue weighted by atomic mass is 35.5. The quantitative estimate of drug-likeness (QED) is 0.735. The monoisotopic (exact) mass is 237 g/mol. The molecular formula is C13H16ClNO. The van der Waals surface area contributed by atoms with Crippen LogP contribution in [0.3, 0.4) is 0 Å². The molecule has 0 radical (unpaired) electrons. The molecule has 0 bridgehead atoms. The lowest BCUT2D eigenvalue weighted by atomic mass is 9.99. The highest BCUT2D eigenvalue weighted by molar-refractivity contribution is 6.33. The summed E-state index contributed by atoms with van der Waals surface area (Å²) in [5.74, 6) is 0.718. The van der Waals surface area contributed by atoms with E-state index in [4.69, 9.17) is 11.6 Å². The van der Waals surface area contributed by atoms with Crippen LogP contribution < -0.4 is 4.90 Å². The van der Waals surface area contributed by atoms with Crippen molar-refractivity contribution >= 4 is 23.6 Å². The van der Waals surface area contributed by atoms with E-state index in [2.05, 4.69) is 11.8 Å². The number of nitrogens with zero attached hydrogens (tertiary/aromatic N) is 1. The predicted molar refractivity (Wildman–Crippen MR) is 67.5 cm³/mol. The fourth-order valence-electron chi connectivity index (χ4n) is 2.26. The first-order valence-corrected chi connectivity index (χ1v) is 6.08. The molecule has 1 aliphatic heterocycles. The van der Waals surface area contributed by atoms with Gasteiger partial charge < -0.3 is 4.90 Å². The first-order valence-electron chi connectivity index (χ1n) is 5.70. The summed E-state index contributed by atoms with van der Waals surface area (Å²) < 4.78 is 0. The molecule has 0 amide bonds. The first-order chi connectivity index (χ1) is 7.70. The third-order valence-corrected chi connectivity index (χ3v) is 3.41. The van der Waals surface area contributed by atoms with E-state index in [-0.39, 0.29) is 0 Å². The van der Waals surface area contributed by atoms with Crippen molar-refractivity contribution in [2.75, 3.05) is 18.0 Å². The van der Waals surface area contributed by atoms with E-state index in [9.17, 15) is 4.79 Å². The van der Waals surface area contributed by atoms with E-state index in [1.54, 1.807) is 6.07 Å². The minimum Gasteiger partial charge on any atom is -0.370 e. The van der Waals surface area contributed by atoms with Gasteiger partial charge in [-0.15, -0.1) is 0 Å². The van der Waals surface area contributed by atoms with Crippen LogP contribution in [0.1, 0.15) is 30.1 Å². The van der Waals surface area contributed by atoms with Crippen molar-refractivity contribution in [3.8, 4) is 0 Å². The number of anilines is 1. The second-order valence-electron chi connectivity index (χ2n) is 4.52. The molecule has 1 atom stereocenters. The lowest BCUT2D eigenvalue weighted by Crippen LogP contribution is -2.34. The summed E-state index contributed by atoms with van der Waals surface area (Å²) in [6.45, 7) is 4.38. The zero-order chi connectivity index (χ0) is 11.5. The van der Waals surface area contributed by atoms with Gasteiger partial charge in [0.1, 0.15) is 6.29 Å². The molecule has 16 heavy (non-hydrogen) atoms. The molecule has 0 aromatic heterocycles. The molecule has 1 aromatic rings. The second-order valence-corrected chi connectivity index (χ2v) is 4.93. The van der Waals surface area contributed by atoms with Gasteiger partial charge in [0.05, 0.1) is 10.7 Å². The number of hydrogen-bond acceptors (Lipinski definition) is 2. The smallest absolute Gasteiger partial charge is 0.150 e. The number of benzene rings is 1. The third-order valence-electron chi connectivity index (χ3n) is 3.11. The number of rotatable bonds is 2. The second kappa shape index (κ2) is 4.88. The fraction of sp³-hybridized carbons (Fsp3) is 0.462. The third kappa shape index (κ3) is 2.38. The van der Waals surface area contributed by atoms with Gasteiger partial charge in [-0.25, -0.2) is 0 Å². The molecule has 0 saturated carbocycles. The molecule has 1 saturated heterocycles. The van der Waals surface area contributed by atoms with Gasteiger partial charge in [0, 0.05) is 18.7 Å². The standard InChI is InChI=1S/C13H16ClNO/c1-10-3-2-6-15(8-10)13-5-4-11(9-16)7-12(13)14/h4-5,7,9-10H,2-3,6,8H2,1H3. The number of carbonyl (C=O) groups excluding carboxylic acids is 1. The van der Waals surface area contributed by atoms with Gasteiger partial charge in [-0.05, 0) is 37.0 Å². The van der Waals surface area contributed by atoms with Crippen LogP contribution in [0, 0.1) is 5.92 Å². The molecule has 0 spiro atoms. The highest BCUT2D eigenvalue weighted by Gasteiger charge is 2.18. The summed E-state index contributed by atoms with van der Waals surface area (Å²) in [6.07, 6.45) is 3.34. The van der Waals surface area contributed by atoms with E-state index < -0.39 is 0 Å². The summed E-state index contributed by atoms with van der Waals surface area (Å²) in [5.41, 5.74) is 1.69. The van der Waals surface area contributed by atoms with Crippen molar-refractivity contribution in [3.05, 3.63) is 28.8 Å². The Kier molecular flexibility index (Phi) is 3.49. The fourth-order valence-corrected chi connectivity index (χ4v) is 2.57. The Bertz CT molecular complexity index is 392. The zero-order valence-corrected chi connectivity index (χ0v) is 10.2. The maximum atomic E-state index is 10.6. The van der Waals surface area contributed by atoms with Gasteiger partial charge in [0.2, 0.25) is 0 Å². The molecule has 1 fully saturated rings. The summed E-state index contributed by atoms with van der Waals surface area (Å²) in [6, 6.07) is 5.51. The molecule has 1 aromatic carbocycles. The van der Waals surface area contributed by atoms with Crippen molar-refractivity contribution in [1.29, 1.82) is 0 Å². The molecule has 0 aliphatic carbocycles. The average Bonchev–Trinajstić information content (AvgIpc) is 2.28. The zero-order valence-electron chi connectivity index (χ0n) is 9.45. The van der Waals surface area contributed by atoms with Gasteiger partial charge >= 0.3 is 0 Å². The summed E-state index contributed by atoms with van der Waals surface area (Å²) in [5, 5.41) is 0.679. The van der Waals surface area contributed by atoms with Crippen LogP contribution in [0.4, 0.5) is 5.69 Å². The topological polar surface area (TPSA) is 20.3 Å². The first kappa shape index (κ1) is 11.5. The van der Waals surface area contributed by atoms with Crippen molar-refractivity contribution in [3.63, 3.8) is 0 Å². The minimum atomic E-state index is 0.638. The lowest BCUT2D eigenvalue weighted by molar-refractivity contribution is 0.112. The van der Waals surface area contributed by atoms with Crippen molar-refractivity contribution < 1.29 is 4.79 Å². The molecule has 1 aliphatic rings. The van der Waals surface area contributed by atoms with E-state index in [0.717, 1.165) is 31.0 Å². The Morgan fingerprint density at radius 1 is 1.50 bits per heavy atom. The molecule has 0 N–H and O–H groups in total. The van der Waals surface area contributed by atoms with E-state index in [0.29, 0.717) is 10.6 Å². The normalized spacial score (nSPS) is 20.9. The van der Waals surface area contributed by atoms with E-state index in [1.165, 1.54) is 12.8 Å². The Balaban J connectivity index is 2.22. The molecular weight excluding hydrogens is 222 g/mol. The van der Waals surface area contributed by atoms with Crippen LogP contribution in [0.15, 0.2) is 18.2 Å². The van der Waals surface area contributed by atoms with Gasteiger partial charge in [-0.3, -0.25) is 4.79 Å². The van der Waals surface area contributed by atoms with Gasteiger partial charge in [-0.1, -0.05) is 18.5 Å². The molecule has 3 heteroatoms. The van der Waals surface area contributed by atoms with E-state index in [1.807, 2.05) is 12.1 Å². The van der Waals surface area contributed by atoms with Crippen LogP contribution in [-0.2, 0) is 0 Å². The van der Waals surface area contributed by atoms with Crippen LogP contribution in [0.2, 0.25) is 5.02 Å². The Morgan fingerprint density at radius 3 is 2.94 bits per heavy atom. The molecule has 2 nitrogen and oxygen atoms in total. The number of hydrogen-bond donors (Lipinski definition) is 0. The minimum absolute atomic E-state index is 0.638. The van der Waals surface area contributed by atoms with Crippen molar-refractivity contribution in [2.45, 2.75) is 19.8 Å². The maximum Gasteiger partial charge on any atom is 0.150 e. The summed E-state index contributed by atoms with van der Waals surface area (Å²) >= 11 is 6.19. The molecule has 2 rings (SSSR count). The van der Waals surface area contributed by atoms with Gasteiger partial charge in [0.15, 0.2) is 0 Å². The number of halogens is 1. The highest BCUT2D eigenvalue weighted by Crippen LogP contribution is 2.30.